The molecule has 0 aliphatic carbocycles. The fourth-order valence-electron chi connectivity index (χ4n) is 1.91. The van der Waals surface area contributed by atoms with Crippen molar-refractivity contribution in [2.45, 2.75) is 20.0 Å². The van der Waals surface area contributed by atoms with Gasteiger partial charge in [0.25, 0.3) is 0 Å². The summed E-state index contributed by atoms with van der Waals surface area (Å²) in [7, 11) is 1.51. The minimum atomic E-state index is -4.35. The number of anilines is 1. The molecule has 0 saturated heterocycles. The molecule has 1 aromatic rings. The Balaban J connectivity index is 3.31. The molecule has 0 bridgehead atoms. The lowest BCUT2D eigenvalue weighted by molar-refractivity contribution is -0.119. The van der Waals surface area contributed by atoms with Crippen molar-refractivity contribution in [2.75, 3.05) is 18.0 Å². The fourth-order valence-corrected chi connectivity index (χ4v) is 1.91. The number of nitrogens with two attached hydrogens (primary N) is 1. The number of hydrogen-bond donors (Lipinski definition) is 2. The highest BCUT2D eigenvalue weighted by atomic mass is 19.4. The predicted octanol–water partition coefficient (Wildman–Crippen LogP) is 1.21. The third-order valence-corrected chi connectivity index (χ3v) is 2.61. The summed E-state index contributed by atoms with van der Waals surface area (Å²) in [5, 5.41) is 15.6. The first kappa shape index (κ1) is 15.1. The maximum atomic E-state index is 12.5. The Labute approximate surface area is 108 Å². The van der Waals surface area contributed by atoms with E-state index in [1.807, 2.05) is 0 Å². The maximum absolute atomic E-state index is 12.5. The molecule has 0 atom stereocenters. The van der Waals surface area contributed by atoms with Crippen molar-refractivity contribution in [1.82, 2.24) is 9.78 Å². The van der Waals surface area contributed by atoms with E-state index in [0.717, 1.165) is 4.90 Å². The van der Waals surface area contributed by atoms with Crippen molar-refractivity contribution in [3.8, 4) is 0 Å². The minimum Gasteiger partial charge on any atom is -0.409 e. The van der Waals surface area contributed by atoms with E-state index in [0.29, 0.717) is 5.69 Å². The number of aromatic nitrogens is 2. The van der Waals surface area contributed by atoms with Gasteiger partial charge in [0.1, 0.15) is 12.4 Å². The van der Waals surface area contributed by atoms with Gasteiger partial charge in [-0.15, -0.1) is 0 Å². The van der Waals surface area contributed by atoms with Gasteiger partial charge in [0.15, 0.2) is 5.84 Å². The summed E-state index contributed by atoms with van der Waals surface area (Å²) in [6.07, 6.45) is -4.35. The molecule has 1 aromatic heterocycles. The Morgan fingerprint density at radius 3 is 2.53 bits per heavy atom. The van der Waals surface area contributed by atoms with Gasteiger partial charge in [-0.25, -0.2) is 0 Å². The normalized spacial score (nSPS) is 12.8. The second-order valence-electron chi connectivity index (χ2n) is 4.02. The third kappa shape index (κ3) is 3.30. The standard InChI is InChI=1S/C10H16F3N5O/c1-4-18(5-10(11,12)13)9-7(8(14)16-19)6(2)15-17(9)3/h19H,4-5H2,1-3H3,(H2,14,16). The highest BCUT2D eigenvalue weighted by Crippen LogP contribution is 2.26. The molecule has 19 heavy (non-hydrogen) atoms. The van der Waals surface area contributed by atoms with Crippen molar-refractivity contribution in [1.29, 1.82) is 0 Å². The van der Waals surface area contributed by atoms with E-state index >= 15 is 0 Å². The maximum Gasteiger partial charge on any atom is 0.405 e. The summed E-state index contributed by atoms with van der Waals surface area (Å²) in [5.41, 5.74) is 6.11. The molecule has 0 aromatic carbocycles. The molecule has 0 unspecified atom stereocenters. The molecule has 1 rings (SSSR count). The summed E-state index contributed by atoms with van der Waals surface area (Å²) >= 11 is 0. The van der Waals surface area contributed by atoms with E-state index in [2.05, 4.69) is 10.3 Å². The Morgan fingerprint density at radius 1 is 1.53 bits per heavy atom. The second kappa shape index (κ2) is 5.37. The van der Waals surface area contributed by atoms with Gasteiger partial charge in [-0.2, -0.15) is 18.3 Å². The number of alkyl halides is 3. The molecule has 3 N–H and O–H groups in total. The van der Waals surface area contributed by atoms with Gasteiger partial charge in [-0.3, -0.25) is 4.68 Å². The van der Waals surface area contributed by atoms with E-state index in [1.54, 1.807) is 13.8 Å². The molecular weight excluding hydrogens is 263 g/mol. The van der Waals surface area contributed by atoms with Crippen LogP contribution < -0.4 is 10.6 Å². The topological polar surface area (TPSA) is 79.7 Å². The van der Waals surface area contributed by atoms with Crippen LogP contribution in [0.4, 0.5) is 19.0 Å². The number of rotatable bonds is 4. The SMILES string of the molecule is CCN(CC(F)(F)F)c1c(C(N)=NO)c(C)nn1C. The second-order valence-corrected chi connectivity index (χ2v) is 4.02. The van der Waals surface area contributed by atoms with Crippen LogP contribution >= 0.6 is 0 Å². The molecule has 0 aliphatic rings. The Hall–Kier alpha value is -1.93. The van der Waals surface area contributed by atoms with Crippen molar-refractivity contribution in [3.63, 3.8) is 0 Å². The zero-order chi connectivity index (χ0) is 14.8. The van der Waals surface area contributed by atoms with Crippen LogP contribution in [-0.2, 0) is 7.05 Å². The number of amidine groups is 1. The van der Waals surface area contributed by atoms with Gasteiger partial charge in [0.05, 0.1) is 11.3 Å². The zero-order valence-electron chi connectivity index (χ0n) is 10.9. The average molecular weight is 279 g/mol. The van der Waals surface area contributed by atoms with Crippen molar-refractivity contribution >= 4 is 11.7 Å². The van der Waals surface area contributed by atoms with Crippen molar-refractivity contribution < 1.29 is 18.4 Å². The highest BCUT2D eigenvalue weighted by Gasteiger charge is 2.33. The van der Waals surface area contributed by atoms with Crippen LogP contribution in [0.5, 0.6) is 0 Å². The molecular formula is C10H16F3N5O. The largest absolute Gasteiger partial charge is 0.409 e. The molecule has 0 spiro atoms. The number of hydrogen-bond acceptors (Lipinski definition) is 4. The van der Waals surface area contributed by atoms with Crippen LogP contribution in [-0.4, -0.2) is 40.1 Å². The van der Waals surface area contributed by atoms with Crippen LogP contribution in [0.1, 0.15) is 18.2 Å². The summed E-state index contributed by atoms with van der Waals surface area (Å²) in [5.74, 6) is -0.0890. The molecule has 0 fully saturated rings. The number of nitrogens with zero attached hydrogens (tertiary/aromatic N) is 4. The van der Waals surface area contributed by atoms with E-state index in [-0.39, 0.29) is 23.8 Å². The smallest absolute Gasteiger partial charge is 0.405 e. The van der Waals surface area contributed by atoms with E-state index in [4.69, 9.17) is 10.9 Å². The third-order valence-electron chi connectivity index (χ3n) is 2.61. The molecule has 0 radical (unpaired) electrons. The van der Waals surface area contributed by atoms with Crippen LogP contribution in [0.15, 0.2) is 5.16 Å². The first-order valence-corrected chi connectivity index (χ1v) is 5.54. The summed E-state index contributed by atoms with van der Waals surface area (Å²) < 4.78 is 38.9. The Kier molecular flexibility index (Phi) is 4.28. The summed E-state index contributed by atoms with van der Waals surface area (Å²) in [4.78, 5) is 1.08. The number of halogens is 3. The molecule has 0 saturated carbocycles. The van der Waals surface area contributed by atoms with Gasteiger partial charge in [0, 0.05) is 13.6 Å². The molecule has 0 amide bonds. The van der Waals surface area contributed by atoms with Crippen LogP contribution in [0, 0.1) is 6.92 Å². The molecule has 9 heteroatoms. The lowest BCUT2D eigenvalue weighted by atomic mass is 10.2. The first-order chi connectivity index (χ1) is 8.71. The average Bonchev–Trinajstić information content (AvgIpc) is 2.59. The Morgan fingerprint density at radius 2 is 2.11 bits per heavy atom. The zero-order valence-corrected chi connectivity index (χ0v) is 10.9. The van der Waals surface area contributed by atoms with Gasteiger partial charge < -0.3 is 15.8 Å². The Bertz CT molecular complexity index is 480. The number of aryl methyl sites for hydroxylation is 2. The lowest BCUT2D eigenvalue weighted by Gasteiger charge is -2.25. The van der Waals surface area contributed by atoms with Crippen LogP contribution in [0.2, 0.25) is 0 Å². The quantitative estimate of drug-likeness (QED) is 0.376. The van der Waals surface area contributed by atoms with Gasteiger partial charge in [-0.1, -0.05) is 5.16 Å². The van der Waals surface area contributed by atoms with E-state index in [1.165, 1.54) is 11.7 Å². The van der Waals surface area contributed by atoms with E-state index < -0.39 is 12.7 Å². The molecule has 6 nitrogen and oxygen atoms in total. The van der Waals surface area contributed by atoms with Crippen LogP contribution in [0.3, 0.4) is 0 Å². The lowest BCUT2D eigenvalue weighted by Crippen LogP contribution is -2.36. The molecule has 1 heterocycles. The summed E-state index contributed by atoms with van der Waals surface area (Å²) in [6, 6.07) is 0. The van der Waals surface area contributed by atoms with Crippen molar-refractivity contribution in [3.05, 3.63) is 11.3 Å². The fraction of sp³-hybridized carbons (Fsp3) is 0.600. The summed E-state index contributed by atoms with van der Waals surface area (Å²) in [6.45, 7) is 2.15. The first-order valence-electron chi connectivity index (χ1n) is 5.54. The monoisotopic (exact) mass is 279 g/mol. The number of oxime groups is 1. The van der Waals surface area contributed by atoms with Gasteiger partial charge in [-0.05, 0) is 13.8 Å². The molecule has 108 valence electrons. The van der Waals surface area contributed by atoms with Crippen molar-refractivity contribution in [2.24, 2.45) is 17.9 Å². The predicted molar refractivity (Wildman–Crippen MR) is 64.4 cm³/mol. The highest BCUT2D eigenvalue weighted by molar-refractivity contribution is 6.02. The molecule has 0 aliphatic heterocycles. The van der Waals surface area contributed by atoms with Crippen LogP contribution in [0.25, 0.3) is 0 Å². The van der Waals surface area contributed by atoms with E-state index in [9.17, 15) is 13.2 Å². The van der Waals surface area contributed by atoms with Gasteiger partial charge >= 0.3 is 6.18 Å². The van der Waals surface area contributed by atoms with Gasteiger partial charge in [0.2, 0.25) is 0 Å². The minimum absolute atomic E-state index is 0.115.